The lowest BCUT2D eigenvalue weighted by Crippen LogP contribution is -2.31. The van der Waals surface area contributed by atoms with Crippen LogP contribution in [0.25, 0.3) is 11.5 Å². The normalized spacial score (nSPS) is 16.4. The van der Waals surface area contributed by atoms with Crippen molar-refractivity contribution in [3.63, 3.8) is 0 Å². The van der Waals surface area contributed by atoms with Crippen molar-refractivity contribution >= 4 is 6.41 Å². The fourth-order valence-electron chi connectivity index (χ4n) is 2.46. The van der Waals surface area contributed by atoms with Crippen LogP contribution in [-0.2, 0) is 4.79 Å². The van der Waals surface area contributed by atoms with Crippen molar-refractivity contribution in [3.8, 4) is 11.5 Å². The van der Waals surface area contributed by atoms with Gasteiger partial charge >= 0.3 is 0 Å². The third-order valence-corrected chi connectivity index (χ3v) is 3.77. The Bertz CT molecular complexity index is 583. The molecule has 1 aliphatic rings. The molecule has 0 bridgehead atoms. The highest BCUT2D eigenvalue weighted by molar-refractivity contribution is 5.52. The maximum Gasteiger partial charge on any atom is 0.247 e. The zero-order valence-electron chi connectivity index (χ0n) is 11.5. The van der Waals surface area contributed by atoms with Crippen molar-refractivity contribution in [2.45, 2.75) is 25.7 Å². The third-order valence-electron chi connectivity index (χ3n) is 3.77. The van der Waals surface area contributed by atoms with Gasteiger partial charge in [0.2, 0.25) is 18.2 Å². The van der Waals surface area contributed by atoms with Gasteiger partial charge in [-0.1, -0.05) is 17.7 Å². The van der Waals surface area contributed by atoms with Gasteiger partial charge in [0.15, 0.2) is 0 Å². The molecule has 1 aliphatic heterocycles. The zero-order valence-corrected chi connectivity index (χ0v) is 11.5. The molecule has 0 aliphatic carbocycles. The van der Waals surface area contributed by atoms with Crippen LogP contribution in [0, 0.1) is 6.92 Å². The molecule has 104 valence electrons. The maximum atomic E-state index is 10.7. The van der Waals surface area contributed by atoms with E-state index in [9.17, 15) is 4.79 Å². The van der Waals surface area contributed by atoms with E-state index >= 15 is 0 Å². The third kappa shape index (κ3) is 2.57. The van der Waals surface area contributed by atoms with Crippen LogP contribution in [0.3, 0.4) is 0 Å². The molecule has 3 rings (SSSR count). The summed E-state index contributed by atoms with van der Waals surface area (Å²) in [4.78, 5) is 12.5. The van der Waals surface area contributed by atoms with Gasteiger partial charge in [-0.3, -0.25) is 4.79 Å². The summed E-state index contributed by atoms with van der Waals surface area (Å²) < 4.78 is 5.79. The quantitative estimate of drug-likeness (QED) is 0.804. The van der Waals surface area contributed by atoms with Crippen LogP contribution in [0.4, 0.5) is 0 Å². The topological polar surface area (TPSA) is 59.2 Å². The number of likely N-dealkylation sites (tertiary alicyclic amines) is 1. The van der Waals surface area contributed by atoms with E-state index in [0.717, 1.165) is 37.9 Å². The number of amides is 1. The van der Waals surface area contributed by atoms with Gasteiger partial charge in [0, 0.05) is 24.6 Å². The number of benzene rings is 1. The summed E-state index contributed by atoms with van der Waals surface area (Å²) in [5.41, 5.74) is 2.15. The van der Waals surface area contributed by atoms with Crippen LogP contribution in [0.2, 0.25) is 0 Å². The average molecular weight is 271 g/mol. The molecular formula is C15H17N3O2. The molecule has 1 aromatic heterocycles. The molecule has 5 nitrogen and oxygen atoms in total. The predicted molar refractivity (Wildman–Crippen MR) is 74.1 cm³/mol. The summed E-state index contributed by atoms with van der Waals surface area (Å²) in [5.74, 6) is 1.52. The first kappa shape index (κ1) is 12.8. The lowest BCUT2D eigenvalue weighted by Gasteiger charge is -2.26. The highest BCUT2D eigenvalue weighted by Crippen LogP contribution is 2.28. The van der Waals surface area contributed by atoms with E-state index in [-0.39, 0.29) is 5.92 Å². The highest BCUT2D eigenvalue weighted by atomic mass is 16.4. The molecule has 2 aromatic rings. The number of carbonyl (C=O) groups is 1. The van der Waals surface area contributed by atoms with Crippen LogP contribution >= 0.6 is 0 Å². The molecule has 0 atom stereocenters. The Morgan fingerprint density at radius 3 is 2.55 bits per heavy atom. The van der Waals surface area contributed by atoms with E-state index in [1.807, 2.05) is 31.2 Å². The highest BCUT2D eigenvalue weighted by Gasteiger charge is 2.24. The molecule has 0 N–H and O–H groups in total. The first-order chi connectivity index (χ1) is 9.76. The van der Waals surface area contributed by atoms with Crippen molar-refractivity contribution < 1.29 is 9.21 Å². The molecule has 0 spiro atoms. The second kappa shape index (κ2) is 5.45. The monoisotopic (exact) mass is 271 g/mol. The van der Waals surface area contributed by atoms with Gasteiger partial charge in [0.25, 0.3) is 0 Å². The molecule has 2 heterocycles. The molecular weight excluding hydrogens is 254 g/mol. The summed E-state index contributed by atoms with van der Waals surface area (Å²) in [7, 11) is 0. The smallest absolute Gasteiger partial charge is 0.247 e. The molecule has 0 unspecified atom stereocenters. The zero-order chi connectivity index (χ0) is 13.9. The molecule has 1 saturated heterocycles. The number of rotatable bonds is 3. The Labute approximate surface area is 117 Å². The minimum atomic E-state index is 0.262. The lowest BCUT2D eigenvalue weighted by atomic mass is 9.97. The first-order valence-electron chi connectivity index (χ1n) is 6.86. The van der Waals surface area contributed by atoms with Gasteiger partial charge in [-0.05, 0) is 31.9 Å². The van der Waals surface area contributed by atoms with E-state index in [0.29, 0.717) is 11.8 Å². The van der Waals surface area contributed by atoms with Crippen LogP contribution in [-0.4, -0.2) is 34.6 Å². The number of aromatic nitrogens is 2. The van der Waals surface area contributed by atoms with Gasteiger partial charge in [-0.25, -0.2) is 0 Å². The van der Waals surface area contributed by atoms with Gasteiger partial charge in [-0.15, -0.1) is 10.2 Å². The Hall–Kier alpha value is -2.17. The predicted octanol–water partition coefficient (Wildman–Crippen LogP) is 2.38. The molecule has 0 radical (unpaired) electrons. The molecule has 1 fully saturated rings. The minimum absolute atomic E-state index is 0.262. The first-order valence-corrected chi connectivity index (χ1v) is 6.86. The van der Waals surface area contributed by atoms with Crippen LogP contribution in [0.1, 0.15) is 30.2 Å². The fourth-order valence-corrected chi connectivity index (χ4v) is 2.46. The summed E-state index contributed by atoms with van der Waals surface area (Å²) in [6.07, 6.45) is 2.67. The van der Waals surface area contributed by atoms with Crippen molar-refractivity contribution in [1.82, 2.24) is 15.1 Å². The van der Waals surface area contributed by atoms with Crippen LogP contribution < -0.4 is 0 Å². The van der Waals surface area contributed by atoms with E-state index in [4.69, 9.17) is 4.42 Å². The van der Waals surface area contributed by atoms with Gasteiger partial charge < -0.3 is 9.32 Å². The summed E-state index contributed by atoms with van der Waals surface area (Å²) >= 11 is 0. The largest absolute Gasteiger partial charge is 0.420 e. The molecule has 1 amide bonds. The number of aryl methyl sites for hydroxylation is 1. The minimum Gasteiger partial charge on any atom is -0.420 e. The van der Waals surface area contributed by atoms with E-state index in [1.54, 1.807) is 4.90 Å². The number of carbonyl (C=O) groups excluding carboxylic acids is 1. The Balaban J connectivity index is 1.74. The molecule has 1 aromatic carbocycles. The summed E-state index contributed by atoms with van der Waals surface area (Å²) in [6, 6.07) is 8.03. The number of hydrogen-bond donors (Lipinski definition) is 0. The van der Waals surface area contributed by atoms with Gasteiger partial charge in [0.1, 0.15) is 0 Å². The van der Waals surface area contributed by atoms with Gasteiger partial charge in [-0.2, -0.15) is 0 Å². The van der Waals surface area contributed by atoms with Gasteiger partial charge in [0.05, 0.1) is 0 Å². The Kier molecular flexibility index (Phi) is 3.50. The number of nitrogens with zero attached hydrogens (tertiary/aromatic N) is 3. The fraction of sp³-hybridized carbons (Fsp3) is 0.400. The summed E-state index contributed by atoms with van der Waals surface area (Å²) in [5, 5.41) is 8.30. The van der Waals surface area contributed by atoms with E-state index in [2.05, 4.69) is 10.2 Å². The van der Waals surface area contributed by atoms with Crippen LogP contribution in [0.5, 0.6) is 0 Å². The lowest BCUT2D eigenvalue weighted by molar-refractivity contribution is -0.119. The van der Waals surface area contributed by atoms with Crippen molar-refractivity contribution in [2.75, 3.05) is 13.1 Å². The van der Waals surface area contributed by atoms with Crippen molar-refractivity contribution in [1.29, 1.82) is 0 Å². The number of piperidine rings is 1. The Morgan fingerprint density at radius 2 is 1.90 bits per heavy atom. The number of hydrogen-bond acceptors (Lipinski definition) is 4. The molecule has 20 heavy (non-hydrogen) atoms. The van der Waals surface area contributed by atoms with Crippen molar-refractivity contribution in [2.24, 2.45) is 0 Å². The van der Waals surface area contributed by atoms with E-state index < -0.39 is 0 Å². The summed E-state index contributed by atoms with van der Waals surface area (Å²) in [6.45, 7) is 3.57. The molecule has 0 saturated carbocycles. The standard InChI is InChI=1S/C15H17N3O2/c1-11-2-4-12(5-3-11)14-16-17-15(20-14)13-6-8-18(10-19)9-7-13/h2-5,10,13H,6-9H2,1H3. The SMILES string of the molecule is Cc1ccc(-c2nnc(C3CCN(C=O)CC3)o2)cc1. The maximum absolute atomic E-state index is 10.7. The Morgan fingerprint density at radius 1 is 1.20 bits per heavy atom. The van der Waals surface area contributed by atoms with E-state index in [1.165, 1.54) is 5.56 Å². The second-order valence-corrected chi connectivity index (χ2v) is 5.23. The molecule has 5 heteroatoms. The average Bonchev–Trinajstić information content (AvgIpc) is 2.98. The van der Waals surface area contributed by atoms with Crippen LogP contribution in [0.15, 0.2) is 28.7 Å². The second-order valence-electron chi connectivity index (χ2n) is 5.23. The van der Waals surface area contributed by atoms with Crippen molar-refractivity contribution in [3.05, 3.63) is 35.7 Å².